The van der Waals surface area contributed by atoms with Crippen LogP contribution in [0, 0.1) is 6.92 Å². The molecule has 2 heterocycles. The first-order chi connectivity index (χ1) is 6.09. The van der Waals surface area contributed by atoms with Gasteiger partial charge in [-0.05, 0) is 13.0 Å². The Morgan fingerprint density at radius 2 is 2.08 bits per heavy atom. The van der Waals surface area contributed by atoms with E-state index in [0.29, 0.717) is 10.3 Å². The molecule has 0 radical (unpaired) electrons. The molecule has 0 unspecified atom stereocenters. The van der Waals surface area contributed by atoms with Crippen molar-refractivity contribution in [2.45, 2.75) is 6.92 Å². The van der Waals surface area contributed by atoms with Crippen molar-refractivity contribution >= 4 is 34.1 Å². The van der Waals surface area contributed by atoms with Gasteiger partial charge in [0.1, 0.15) is 10.7 Å². The number of nitrogens with zero attached hydrogens (tertiary/aromatic N) is 3. The molecule has 0 spiro atoms. The highest BCUT2D eigenvalue weighted by Crippen LogP contribution is 2.26. The standard InChI is InChI=1S/C8H7Cl2N3/c1-4-5-3-6(9)11-8(10)7(5)13(2)12-4/h3H,1-2H3. The SMILES string of the molecule is Cc1nn(C)c2c(Cl)nc(Cl)cc12. The molecule has 0 fully saturated rings. The van der Waals surface area contributed by atoms with Gasteiger partial charge in [-0.1, -0.05) is 23.2 Å². The van der Waals surface area contributed by atoms with Crippen molar-refractivity contribution in [1.82, 2.24) is 14.8 Å². The van der Waals surface area contributed by atoms with Crippen LogP contribution in [-0.2, 0) is 7.05 Å². The fourth-order valence-corrected chi connectivity index (χ4v) is 1.94. The van der Waals surface area contributed by atoms with Crippen LogP contribution in [0.2, 0.25) is 10.3 Å². The maximum absolute atomic E-state index is 5.92. The molecule has 2 rings (SSSR count). The lowest BCUT2D eigenvalue weighted by Gasteiger charge is -1.96. The third kappa shape index (κ3) is 1.28. The summed E-state index contributed by atoms with van der Waals surface area (Å²) in [7, 11) is 1.83. The molecule has 0 atom stereocenters. The Kier molecular flexibility index (Phi) is 1.93. The monoisotopic (exact) mass is 215 g/mol. The van der Waals surface area contributed by atoms with Crippen LogP contribution in [0.4, 0.5) is 0 Å². The fraction of sp³-hybridized carbons (Fsp3) is 0.250. The lowest BCUT2D eigenvalue weighted by Crippen LogP contribution is -1.91. The Balaban J connectivity index is 2.97. The number of halogens is 2. The summed E-state index contributed by atoms with van der Waals surface area (Å²) >= 11 is 11.7. The third-order valence-corrected chi connectivity index (χ3v) is 2.39. The second kappa shape index (κ2) is 2.86. The van der Waals surface area contributed by atoms with Crippen molar-refractivity contribution in [3.63, 3.8) is 0 Å². The molecule has 3 nitrogen and oxygen atoms in total. The number of aromatic nitrogens is 3. The number of pyridine rings is 1. The van der Waals surface area contributed by atoms with E-state index >= 15 is 0 Å². The maximum atomic E-state index is 5.92. The van der Waals surface area contributed by atoms with E-state index < -0.39 is 0 Å². The van der Waals surface area contributed by atoms with Gasteiger partial charge in [0.2, 0.25) is 0 Å². The molecule has 0 aliphatic heterocycles. The van der Waals surface area contributed by atoms with Crippen LogP contribution in [0.5, 0.6) is 0 Å². The van der Waals surface area contributed by atoms with Crippen molar-refractivity contribution in [2.24, 2.45) is 7.05 Å². The van der Waals surface area contributed by atoms with E-state index in [9.17, 15) is 0 Å². The molecule has 0 saturated heterocycles. The molecule has 13 heavy (non-hydrogen) atoms. The Bertz CT molecular complexity index is 476. The number of aryl methyl sites for hydroxylation is 2. The Hall–Kier alpha value is -0.800. The number of hydrogen-bond acceptors (Lipinski definition) is 2. The molecule has 2 aromatic heterocycles. The van der Waals surface area contributed by atoms with Gasteiger partial charge in [-0.15, -0.1) is 0 Å². The minimum atomic E-state index is 0.394. The molecule has 0 saturated carbocycles. The zero-order chi connectivity index (χ0) is 9.59. The quantitative estimate of drug-likeness (QED) is 0.633. The second-order valence-electron chi connectivity index (χ2n) is 2.84. The van der Waals surface area contributed by atoms with Crippen LogP contribution in [0.3, 0.4) is 0 Å². The smallest absolute Gasteiger partial charge is 0.156 e. The topological polar surface area (TPSA) is 30.7 Å². The molecule has 0 bridgehead atoms. The van der Waals surface area contributed by atoms with Gasteiger partial charge in [0.15, 0.2) is 5.15 Å². The van der Waals surface area contributed by atoms with Crippen molar-refractivity contribution in [2.75, 3.05) is 0 Å². The molecule has 0 aliphatic carbocycles. The predicted molar refractivity (Wildman–Crippen MR) is 53.3 cm³/mol. The molecule has 0 amide bonds. The number of rotatable bonds is 0. The van der Waals surface area contributed by atoms with E-state index in [-0.39, 0.29) is 0 Å². The summed E-state index contributed by atoms with van der Waals surface area (Å²) < 4.78 is 1.70. The zero-order valence-corrected chi connectivity index (χ0v) is 8.69. The zero-order valence-electron chi connectivity index (χ0n) is 7.17. The van der Waals surface area contributed by atoms with E-state index in [0.717, 1.165) is 16.6 Å². The van der Waals surface area contributed by atoms with Crippen molar-refractivity contribution in [1.29, 1.82) is 0 Å². The van der Waals surface area contributed by atoms with Gasteiger partial charge in [0.05, 0.1) is 5.69 Å². The van der Waals surface area contributed by atoms with Crippen molar-refractivity contribution in [3.05, 3.63) is 22.1 Å². The van der Waals surface area contributed by atoms with Crippen LogP contribution < -0.4 is 0 Å². The molecule has 2 aromatic rings. The third-order valence-electron chi connectivity index (χ3n) is 1.93. The van der Waals surface area contributed by atoms with Gasteiger partial charge in [-0.2, -0.15) is 5.10 Å². The fourth-order valence-electron chi connectivity index (χ4n) is 1.39. The average Bonchev–Trinajstić information content (AvgIpc) is 2.27. The van der Waals surface area contributed by atoms with E-state index in [2.05, 4.69) is 10.1 Å². The largest absolute Gasteiger partial charge is 0.265 e. The van der Waals surface area contributed by atoms with Gasteiger partial charge in [-0.3, -0.25) is 4.68 Å². The van der Waals surface area contributed by atoms with Crippen LogP contribution in [0.25, 0.3) is 10.9 Å². The molecule has 68 valence electrons. The van der Waals surface area contributed by atoms with E-state index in [1.54, 1.807) is 10.7 Å². The summed E-state index contributed by atoms with van der Waals surface area (Å²) in [6.07, 6.45) is 0. The molecular weight excluding hydrogens is 209 g/mol. The predicted octanol–water partition coefficient (Wildman–Crippen LogP) is 2.58. The minimum Gasteiger partial charge on any atom is -0.265 e. The minimum absolute atomic E-state index is 0.394. The Labute approximate surface area is 85.3 Å². The Morgan fingerprint density at radius 3 is 2.77 bits per heavy atom. The highest BCUT2D eigenvalue weighted by molar-refractivity contribution is 6.36. The van der Waals surface area contributed by atoms with Gasteiger partial charge in [0.25, 0.3) is 0 Å². The van der Waals surface area contributed by atoms with Crippen molar-refractivity contribution < 1.29 is 0 Å². The van der Waals surface area contributed by atoms with Crippen molar-refractivity contribution in [3.8, 4) is 0 Å². The highest BCUT2D eigenvalue weighted by atomic mass is 35.5. The normalized spacial score (nSPS) is 11.1. The highest BCUT2D eigenvalue weighted by Gasteiger charge is 2.10. The lowest BCUT2D eigenvalue weighted by molar-refractivity contribution is 0.782. The first-order valence-electron chi connectivity index (χ1n) is 3.75. The molecular formula is C8H7Cl2N3. The first-order valence-corrected chi connectivity index (χ1v) is 4.50. The average molecular weight is 216 g/mol. The van der Waals surface area contributed by atoms with E-state index in [1.807, 2.05) is 14.0 Å². The molecule has 0 aliphatic rings. The second-order valence-corrected chi connectivity index (χ2v) is 3.59. The first kappa shape index (κ1) is 8.78. The summed E-state index contributed by atoms with van der Waals surface area (Å²) in [5, 5.41) is 5.97. The van der Waals surface area contributed by atoms with Crippen LogP contribution in [0.1, 0.15) is 5.69 Å². The Morgan fingerprint density at radius 1 is 1.38 bits per heavy atom. The maximum Gasteiger partial charge on any atom is 0.156 e. The number of hydrogen-bond donors (Lipinski definition) is 0. The van der Waals surface area contributed by atoms with Gasteiger partial charge in [-0.25, -0.2) is 4.98 Å². The van der Waals surface area contributed by atoms with Crippen LogP contribution in [-0.4, -0.2) is 14.8 Å². The summed E-state index contributed by atoms with van der Waals surface area (Å²) in [5.74, 6) is 0. The lowest BCUT2D eigenvalue weighted by atomic mass is 10.3. The van der Waals surface area contributed by atoms with E-state index in [4.69, 9.17) is 23.2 Å². The van der Waals surface area contributed by atoms with Gasteiger partial charge < -0.3 is 0 Å². The van der Waals surface area contributed by atoms with E-state index in [1.165, 1.54) is 0 Å². The molecule has 5 heteroatoms. The summed E-state index contributed by atoms with van der Waals surface area (Å²) in [6, 6.07) is 1.77. The van der Waals surface area contributed by atoms with Crippen LogP contribution in [0.15, 0.2) is 6.07 Å². The number of fused-ring (bicyclic) bond motifs is 1. The summed E-state index contributed by atoms with van der Waals surface area (Å²) in [6.45, 7) is 1.91. The molecule has 0 aromatic carbocycles. The summed E-state index contributed by atoms with van der Waals surface area (Å²) in [5.41, 5.74) is 1.73. The van der Waals surface area contributed by atoms with Gasteiger partial charge >= 0.3 is 0 Å². The molecule has 0 N–H and O–H groups in total. The van der Waals surface area contributed by atoms with Crippen LogP contribution >= 0.6 is 23.2 Å². The summed E-state index contributed by atoms with van der Waals surface area (Å²) in [4.78, 5) is 3.95. The van der Waals surface area contributed by atoms with Gasteiger partial charge in [0, 0.05) is 12.4 Å².